The van der Waals surface area contributed by atoms with Gasteiger partial charge in [-0.05, 0) is 74.2 Å². The largest absolute Gasteiger partial charge is 0.454 e. The number of ketones is 1. The van der Waals surface area contributed by atoms with Gasteiger partial charge in [0.05, 0.1) is 5.56 Å². The number of aromatic nitrogens is 1. The van der Waals surface area contributed by atoms with Crippen molar-refractivity contribution in [3.05, 3.63) is 77.2 Å². The Balaban J connectivity index is 1.41. The number of alkyl halides is 3. The molecular weight excluding hydrogens is 502 g/mol. The van der Waals surface area contributed by atoms with Gasteiger partial charge >= 0.3 is 6.18 Å². The fourth-order valence-electron chi connectivity index (χ4n) is 3.87. The van der Waals surface area contributed by atoms with Gasteiger partial charge in [0.15, 0.2) is 11.6 Å². The Kier molecular flexibility index (Phi) is 7.99. The number of benzene rings is 2. The first-order chi connectivity index (χ1) is 18.0. The molecule has 2 N–H and O–H groups in total. The molecule has 38 heavy (non-hydrogen) atoms. The van der Waals surface area contributed by atoms with Crippen LogP contribution >= 0.6 is 0 Å². The number of ether oxygens (including phenoxy) is 1. The van der Waals surface area contributed by atoms with Crippen LogP contribution in [-0.2, 0) is 28.6 Å². The van der Waals surface area contributed by atoms with E-state index < -0.39 is 17.6 Å². The van der Waals surface area contributed by atoms with Crippen LogP contribution in [0, 0.1) is 11.7 Å². The summed E-state index contributed by atoms with van der Waals surface area (Å²) in [6.45, 7) is 3.60. The Morgan fingerprint density at radius 2 is 1.76 bits per heavy atom. The van der Waals surface area contributed by atoms with Crippen LogP contribution in [0.3, 0.4) is 0 Å². The zero-order chi connectivity index (χ0) is 27.4. The van der Waals surface area contributed by atoms with E-state index in [2.05, 4.69) is 15.6 Å². The number of amides is 1. The summed E-state index contributed by atoms with van der Waals surface area (Å²) in [6, 6.07) is 10.4. The van der Waals surface area contributed by atoms with E-state index in [1.54, 1.807) is 13.8 Å². The molecule has 1 amide bonds. The molecule has 2 aromatic carbocycles. The van der Waals surface area contributed by atoms with Gasteiger partial charge in [-0.3, -0.25) is 9.59 Å². The summed E-state index contributed by atoms with van der Waals surface area (Å²) in [5.41, 5.74) is 0.0107. The molecule has 1 saturated carbocycles. The van der Waals surface area contributed by atoms with Crippen LogP contribution in [0.1, 0.15) is 43.4 Å². The average molecular weight is 530 g/mol. The molecule has 6 nitrogen and oxygen atoms in total. The van der Waals surface area contributed by atoms with Crippen molar-refractivity contribution in [2.45, 2.75) is 51.7 Å². The third kappa shape index (κ3) is 7.53. The standard InChI is InChI=1S/C28H27F4N3O3/c1-16(2)34-21-10-18(9-20(14-21)28(30,31)32)12-22(36)11-17-3-6-25(24(29)13-17)38-23-7-8-33-26(15-23)35-27(37)19-4-5-19/h3,6-10,13-16,19,34H,4-5,11-12H2,1-2H3,(H,33,35,37). The second kappa shape index (κ2) is 11.2. The highest BCUT2D eigenvalue weighted by atomic mass is 19.4. The second-order valence-corrected chi connectivity index (χ2v) is 9.61. The zero-order valence-electron chi connectivity index (χ0n) is 20.9. The quantitative estimate of drug-likeness (QED) is 0.291. The van der Waals surface area contributed by atoms with Gasteiger partial charge in [0.2, 0.25) is 5.91 Å². The highest BCUT2D eigenvalue weighted by Gasteiger charge is 2.31. The lowest BCUT2D eigenvalue weighted by molar-refractivity contribution is -0.137. The normalized spacial score (nSPS) is 13.3. The molecule has 1 fully saturated rings. The third-order valence-electron chi connectivity index (χ3n) is 5.73. The maximum Gasteiger partial charge on any atom is 0.416 e. The number of pyridine rings is 1. The molecule has 0 aliphatic heterocycles. The number of carbonyl (C=O) groups excluding carboxylic acids is 2. The van der Waals surface area contributed by atoms with Crippen molar-refractivity contribution in [2.75, 3.05) is 10.6 Å². The maximum absolute atomic E-state index is 14.7. The minimum absolute atomic E-state index is 0.00131. The topological polar surface area (TPSA) is 80.3 Å². The maximum atomic E-state index is 14.7. The van der Waals surface area contributed by atoms with Crippen molar-refractivity contribution >= 4 is 23.2 Å². The SMILES string of the molecule is CC(C)Nc1cc(CC(=O)Cc2ccc(Oc3ccnc(NC(=O)C4CC4)c3)c(F)c2)cc(C(F)(F)F)c1. The summed E-state index contributed by atoms with van der Waals surface area (Å²) in [5.74, 6) is -0.716. The Bertz CT molecular complexity index is 1340. The smallest absolute Gasteiger partial charge is 0.416 e. The summed E-state index contributed by atoms with van der Waals surface area (Å²) in [7, 11) is 0. The van der Waals surface area contributed by atoms with Gasteiger partial charge in [-0.15, -0.1) is 0 Å². The molecule has 1 heterocycles. The number of nitrogens with zero attached hydrogens (tertiary/aromatic N) is 1. The van der Waals surface area contributed by atoms with Crippen molar-refractivity contribution in [3.63, 3.8) is 0 Å². The van der Waals surface area contributed by atoms with Crippen LogP contribution in [0.5, 0.6) is 11.5 Å². The molecule has 200 valence electrons. The summed E-state index contributed by atoms with van der Waals surface area (Å²) < 4.78 is 60.3. The third-order valence-corrected chi connectivity index (χ3v) is 5.73. The lowest BCUT2D eigenvalue weighted by Gasteiger charge is -2.15. The Morgan fingerprint density at radius 3 is 2.42 bits per heavy atom. The molecule has 0 spiro atoms. The lowest BCUT2D eigenvalue weighted by atomic mass is 10.00. The fourth-order valence-corrected chi connectivity index (χ4v) is 3.87. The predicted molar refractivity (Wildman–Crippen MR) is 135 cm³/mol. The van der Waals surface area contributed by atoms with Gasteiger partial charge in [-0.25, -0.2) is 9.37 Å². The molecule has 3 aromatic rings. The Labute approximate surface area is 217 Å². The average Bonchev–Trinajstić information content (AvgIpc) is 3.66. The van der Waals surface area contributed by atoms with Crippen molar-refractivity contribution in [3.8, 4) is 11.5 Å². The van der Waals surface area contributed by atoms with Crippen molar-refractivity contribution in [2.24, 2.45) is 5.92 Å². The molecule has 0 atom stereocenters. The van der Waals surface area contributed by atoms with Crippen LogP contribution < -0.4 is 15.4 Å². The first-order valence-electron chi connectivity index (χ1n) is 12.2. The molecule has 4 rings (SSSR count). The summed E-state index contributed by atoms with van der Waals surface area (Å²) in [4.78, 5) is 28.6. The first-order valence-corrected chi connectivity index (χ1v) is 12.2. The molecule has 0 unspecified atom stereocenters. The lowest BCUT2D eigenvalue weighted by Crippen LogP contribution is -2.14. The van der Waals surface area contributed by atoms with E-state index in [-0.39, 0.29) is 59.2 Å². The second-order valence-electron chi connectivity index (χ2n) is 9.61. The predicted octanol–water partition coefficient (Wildman–Crippen LogP) is 6.55. The highest BCUT2D eigenvalue weighted by molar-refractivity contribution is 5.93. The summed E-state index contributed by atoms with van der Waals surface area (Å²) in [5, 5.41) is 5.63. The van der Waals surface area contributed by atoms with Gasteiger partial charge < -0.3 is 15.4 Å². The number of nitrogens with one attached hydrogen (secondary N) is 2. The van der Waals surface area contributed by atoms with Crippen molar-refractivity contribution in [1.82, 2.24) is 4.98 Å². The van der Waals surface area contributed by atoms with Gasteiger partial charge in [0, 0.05) is 42.8 Å². The van der Waals surface area contributed by atoms with E-state index in [4.69, 9.17) is 4.74 Å². The van der Waals surface area contributed by atoms with E-state index in [0.29, 0.717) is 11.4 Å². The molecule has 1 aliphatic carbocycles. The van der Waals surface area contributed by atoms with Gasteiger partial charge in [-0.1, -0.05) is 6.07 Å². The molecule has 1 aliphatic rings. The number of halogens is 4. The van der Waals surface area contributed by atoms with Crippen molar-refractivity contribution in [1.29, 1.82) is 0 Å². The van der Waals surface area contributed by atoms with Gasteiger partial charge in [0.25, 0.3) is 0 Å². The van der Waals surface area contributed by atoms with E-state index in [1.807, 2.05) is 0 Å². The van der Waals surface area contributed by atoms with Crippen LogP contribution in [0.15, 0.2) is 54.7 Å². The van der Waals surface area contributed by atoms with E-state index >= 15 is 0 Å². The van der Waals surface area contributed by atoms with E-state index in [0.717, 1.165) is 31.0 Å². The van der Waals surface area contributed by atoms with Gasteiger partial charge in [-0.2, -0.15) is 13.2 Å². The van der Waals surface area contributed by atoms with Crippen LogP contribution in [0.25, 0.3) is 0 Å². The highest BCUT2D eigenvalue weighted by Crippen LogP contribution is 2.33. The number of anilines is 2. The van der Waals surface area contributed by atoms with Crippen LogP contribution in [0.2, 0.25) is 0 Å². The number of hydrogen-bond donors (Lipinski definition) is 2. The molecule has 1 aromatic heterocycles. The number of rotatable bonds is 10. The monoisotopic (exact) mass is 529 g/mol. The molecule has 10 heteroatoms. The Morgan fingerprint density at radius 1 is 1.03 bits per heavy atom. The molecule has 0 radical (unpaired) electrons. The Hall–Kier alpha value is -3.95. The summed E-state index contributed by atoms with van der Waals surface area (Å²) >= 11 is 0. The van der Waals surface area contributed by atoms with E-state index in [1.165, 1.54) is 36.5 Å². The van der Waals surface area contributed by atoms with Crippen LogP contribution in [0.4, 0.5) is 29.1 Å². The zero-order valence-corrected chi connectivity index (χ0v) is 20.9. The molecular formula is C28H27F4N3O3. The summed E-state index contributed by atoms with van der Waals surface area (Å²) in [6.07, 6.45) is -1.82. The number of hydrogen-bond acceptors (Lipinski definition) is 5. The minimum Gasteiger partial charge on any atom is -0.454 e. The van der Waals surface area contributed by atoms with Gasteiger partial charge in [0.1, 0.15) is 17.4 Å². The molecule has 0 bridgehead atoms. The first kappa shape index (κ1) is 27.1. The molecule has 0 saturated heterocycles. The van der Waals surface area contributed by atoms with Crippen LogP contribution in [-0.4, -0.2) is 22.7 Å². The number of carbonyl (C=O) groups is 2. The minimum atomic E-state index is -4.55. The van der Waals surface area contributed by atoms with E-state index in [9.17, 15) is 27.2 Å². The van der Waals surface area contributed by atoms with Crippen molar-refractivity contribution < 1.29 is 31.9 Å². The number of Topliss-reactive ketones (excluding diaryl/α,β-unsaturated/α-hetero) is 1. The fraction of sp³-hybridized carbons (Fsp3) is 0.321.